The predicted octanol–water partition coefficient (Wildman–Crippen LogP) is 4.07. The number of rotatable bonds is 6. The van der Waals surface area contributed by atoms with E-state index in [9.17, 15) is 10.1 Å². The summed E-state index contributed by atoms with van der Waals surface area (Å²) >= 11 is 0. The van der Waals surface area contributed by atoms with Crippen molar-refractivity contribution < 1.29 is 28.5 Å². The molecule has 210 valence electrons. The van der Waals surface area contributed by atoms with E-state index >= 15 is 0 Å². The molecule has 4 heterocycles. The molecule has 39 heavy (non-hydrogen) atoms. The van der Waals surface area contributed by atoms with Crippen molar-refractivity contribution >= 4 is 23.8 Å². The number of nitrogens with zero attached hydrogens (tertiary/aromatic N) is 6. The average molecular weight is 541 g/mol. The quantitative estimate of drug-likeness (QED) is 0.300. The van der Waals surface area contributed by atoms with Gasteiger partial charge in [0.1, 0.15) is 48.9 Å². The summed E-state index contributed by atoms with van der Waals surface area (Å²) in [5.74, 6) is -0.488. The Morgan fingerprint density at radius 3 is 2.67 bits per heavy atom. The standard InChI is InChI=1S/C27H36N6O6/c1-26(2)37-22-21(19-12-13-20-24(30-17-32(3)4)29-16-31-33(19)20)38-27(14-28,23(22)39-26)15-35-25(34)36-18-10-8-6-5-7-9-11-18/h12-13,16-18,21-23H,5-11,15H2,1-4H3/b30-17-/t21-,22-,23-,27+/m0/s1. The van der Waals surface area contributed by atoms with Gasteiger partial charge in [-0.2, -0.15) is 10.4 Å². The van der Waals surface area contributed by atoms with Crippen molar-refractivity contribution in [2.75, 3.05) is 20.7 Å². The summed E-state index contributed by atoms with van der Waals surface area (Å²) in [5, 5.41) is 14.7. The van der Waals surface area contributed by atoms with E-state index in [0.717, 1.165) is 38.5 Å². The molecule has 0 spiro atoms. The third-order valence-electron chi connectivity index (χ3n) is 7.30. The van der Waals surface area contributed by atoms with Gasteiger partial charge in [0.25, 0.3) is 0 Å². The first-order chi connectivity index (χ1) is 18.7. The Kier molecular flexibility index (Phi) is 7.75. The largest absolute Gasteiger partial charge is 0.508 e. The fourth-order valence-electron chi connectivity index (χ4n) is 5.50. The Labute approximate surface area is 227 Å². The van der Waals surface area contributed by atoms with Gasteiger partial charge in [-0.25, -0.2) is 19.3 Å². The first-order valence-electron chi connectivity index (χ1n) is 13.5. The van der Waals surface area contributed by atoms with Crippen molar-refractivity contribution in [2.45, 2.75) is 94.6 Å². The van der Waals surface area contributed by atoms with E-state index in [4.69, 9.17) is 23.7 Å². The third-order valence-corrected chi connectivity index (χ3v) is 7.30. The minimum absolute atomic E-state index is 0.179. The van der Waals surface area contributed by atoms with E-state index in [-0.39, 0.29) is 12.7 Å². The molecule has 1 aliphatic carbocycles. The molecule has 1 saturated carbocycles. The molecule has 2 aromatic heterocycles. The van der Waals surface area contributed by atoms with Crippen LogP contribution in [0.15, 0.2) is 23.5 Å². The van der Waals surface area contributed by atoms with Crippen molar-refractivity contribution in [1.82, 2.24) is 19.5 Å². The lowest BCUT2D eigenvalue weighted by Gasteiger charge is -2.29. The van der Waals surface area contributed by atoms with Gasteiger partial charge in [0.15, 0.2) is 11.6 Å². The van der Waals surface area contributed by atoms with Crippen LogP contribution in [0.25, 0.3) is 5.52 Å². The lowest BCUT2D eigenvalue weighted by atomic mass is 9.96. The number of ether oxygens (including phenoxy) is 5. The second kappa shape index (κ2) is 11.1. The highest BCUT2D eigenvalue weighted by Gasteiger charge is 2.65. The predicted molar refractivity (Wildman–Crippen MR) is 139 cm³/mol. The van der Waals surface area contributed by atoms with Gasteiger partial charge in [0, 0.05) is 14.1 Å². The number of fused-ring (bicyclic) bond motifs is 2. The van der Waals surface area contributed by atoms with Gasteiger partial charge in [-0.3, -0.25) is 0 Å². The van der Waals surface area contributed by atoms with Crippen molar-refractivity contribution in [3.05, 3.63) is 24.2 Å². The van der Waals surface area contributed by atoms with Gasteiger partial charge in [-0.1, -0.05) is 19.3 Å². The molecular weight excluding hydrogens is 504 g/mol. The minimum Gasteiger partial charge on any atom is -0.431 e. The molecule has 12 nitrogen and oxygen atoms in total. The number of hydrogen-bond acceptors (Lipinski definition) is 10. The van der Waals surface area contributed by atoms with Crippen LogP contribution in [-0.4, -0.2) is 82.4 Å². The topological polar surface area (TPSA) is 133 Å². The molecular formula is C27H36N6O6. The van der Waals surface area contributed by atoms with E-state index in [1.165, 1.54) is 12.7 Å². The normalized spacial score (nSPS) is 29.1. The van der Waals surface area contributed by atoms with Crippen LogP contribution in [0.1, 0.15) is 70.6 Å². The van der Waals surface area contributed by atoms with Crippen molar-refractivity contribution in [3.8, 4) is 6.07 Å². The zero-order chi connectivity index (χ0) is 27.6. The Morgan fingerprint density at radius 2 is 1.95 bits per heavy atom. The number of carbonyl (C=O) groups is 1. The summed E-state index contributed by atoms with van der Waals surface area (Å²) in [6.07, 6.45) is 7.06. The minimum atomic E-state index is -1.61. The number of hydrogen-bond donors (Lipinski definition) is 0. The summed E-state index contributed by atoms with van der Waals surface area (Å²) in [5.41, 5.74) is -0.303. The molecule has 3 fully saturated rings. The smallest absolute Gasteiger partial charge is 0.431 e. The van der Waals surface area contributed by atoms with Crippen LogP contribution in [-0.2, 0) is 23.7 Å². The molecule has 0 N–H and O–H groups in total. The average Bonchev–Trinajstić information content (AvgIpc) is 3.53. The summed E-state index contributed by atoms with van der Waals surface area (Å²) in [6.45, 7) is 3.20. The lowest BCUT2D eigenvalue weighted by Crippen LogP contribution is -2.46. The molecule has 0 aromatic carbocycles. The summed E-state index contributed by atoms with van der Waals surface area (Å²) < 4.78 is 31.5. The van der Waals surface area contributed by atoms with Crippen LogP contribution in [0.3, 0.4) is 0 Å². The number of aromatic nitrogens is 3. The van der Waals surface area contributed by atoms with E-state index in [0.29, 0.717) is 17.0 Å². The summed E-state index contributed by atoms with van der Waals surface area (Å²) in [4.78, 5) is 23.2. The highest BCUT2D eigenvalue weighted by atomic mass is 16.8. The number of aliphatic imine (C=N–C) groups is 1. The maximum Gasteiger partial charge on any atom is 0.508 e. The van der Waals surface area contributed by atoms with Crippen LogP contribution in [0, 0.1) is 11.3 Å². The molecule has 2 aromatic rings. The lowest BCUT2D eigenvalue weighted by molar-refractivity contribution is -0.206. The zero-order valence-corrected chi connectivity index (χ0v) is 22.9. The van der Waals surface area contributed by atoms with Gasteiger partial charge >= 0.3 is 6.16 Å². The molecule has 3 aliphatic rings. The monoisotopic (exact) mass is 540 g/mol. The van der Waals surface area contributed by atoms with Crippen molar-refractivity contribution in [2.24, 2.45) is 4.99 Å². The third kappa shape index (κ3) is 5.71. The maximum atomic E-state index is 12.7. The van der Waals surface area contributed by atoms with Gasteiger partial charge in [0.2, 0.25) is 5.60 Å². The highest BCUT2D eigenvalue weighted by Crippen LogP contribution is 2.50. The molecule has 0 radical (unpaired) electrons. The molecule has 5 rings (SSSR count). The van der Waals surface area contributed by atoms with Gasteiger partial charge in [0.05, 0.1) is 12.0 Å². The molecule has 2 saturated heterocycles. The van der Waals surface area contributed by atoms with E-state index in [1.54, 1.807) is 24.7 Å². The zero-order valence-electron chi connectivity index (χ0n) is 22.9. The molecule has 0 amide bonds. The van der Waals surface area contributed by atoms with E-state index in [1.807, 2.05) is 31.1 Å². The van der Waals surface area contributed by atoms with Crippen LogP contribution >= 0.6 is 0 Å². The van der Waals surface area contributed by atoms with Crippen LogP contribution < -0.4 is 0 Å². The molecule has 12 heteroatoms. The van der Waals surface area contributed by atoms with Crippen molar-refractivity contribution in [1.29, 1.82) is 5.26 Å². The van der Waals surface area contributed by atoms with E-state index in [2.05, 4.69) is 21.1 Å². The Morgan fingerprint density at radius 1 is 1.21 bits per heavy atom. The molecule has 0 bridgehead atoms. The number of carbonyl (C=O) groups excluding carboxylic acids is 1. The molecule has 2 aliphatic heterocycles. The molecule has 4 atom stereocenters. The fraction of sp³-hybridized carbons (Fsp3) is 0.667. The van der Waals surface area contributed by atoms with Crippen LogP contribution in [0.5, 0.6) is 0 Å². The Hall–Kier alpha value is -3.27. The molecule has 0 unspecified atom stereocenters. The first-order valence-corrected chi connectivity index (χ1v) is 13.5. The second-order valence-corrected chi connectivity index (χ2v) is 11.0. The second-order valence-electron chi connectivity index (χ2n) is 11.0. The van der Waals surface area contributed by atoms with E-state index < -0.39 is 35.9 Å². The Bertz CT molecular complexity index is 1250. The summed E-state index contributed by atoms with van der Waals surface area (Å²) in [6, 6.07) is 5.90. The van der Waals surface area contributed by atoms with Crippen molar-refractivity contribution in [3.63, 3.8) is 0 Å². The number of nitriles is 1. The maximum absolute atomic E-state index is 12.7. The Balaban J connectivity index is 1.37. The van der Waals surface area contributed by atoms with Gasteiger partial charge < -0.3 is 28.6 Å². The fourth-order valence-corrected chi connectivity index (χ4v) is 5.50. The van der Waals surface area contributed by atoms with Gasteiger partial charge in [-0.05, 0) is 51.7 Å². The van der Waals surface area contributed by atoms with Crippen LogP contribution in [0.2, 0.25) is 0 Å². The van der Waals surface area contributed by atoms with Gasteiger partial charge in [-0.15, -0.1) is 0 Å². The van der Waals surface area contributed by atoms with Crippen LogP contribution in [0.4, 0.5) is 10.6 Å². The summed E-state index contributed by atoms with van der Waals surface area (Å²) in [7, 11) is 3.74. The first kappa shape index (κ1) is 27.3. The SMILES string of the molecule is CN(C)/C=N\c1ncnn2c([C@@H]3O[C@](C#N)(COC(=O)OC4CCCCCCC4)[C@H]4OC(C)(C)O[C@@H]34)ccc12. The highest BCUT2D eigenvalue weighted by molar-refractivity contribution is 5.71.